The van der Waals surface area contributed by atoms with Crippen LogP contribution >= 0.6 is 0 Å². The number of alkyl halides is 3. The van der Waals surface area contributed by atoms with E-state index in [0.717, 1.165) is 69.7 Å². The van der Waals surface area contributed by atoms with Gasteiger partial charge in [-0.15, -0.1) is 0 Å². The highest BCUT2D eigenvalue weighted by atomic mass is 19.4. The van der Waals surface area contributed by atoms with Crippen LogP contribution in [0.3, 0.4) is 0 Å². The van der Waals surface area contributed by atoms with Gasteiger partial charge in [0.05, 0.1) is 18.8 Å². The number of pyridine rings is 1. The maximum atomic E-state index is 13.5. The first-order valence-electron chi connectivity index (χ1n) is 13.7. The first-order chi connectivity index (χ1) is 18.4. The summed E-state index contributed by atoms with van der Waals surface area (Å²) in [6, 6.07) is 12.0. The highest BCUT2D eigenvalue weighted by Crippen LogP contribution is 2.35. The van der Waals surface area contributed by atoms with E-state index < -0.39 is 11.7 Å². The van der Waals surface area contributed by atoms with Crippen LogP contribution in [0.15, 0.2) is 42.6 Å². The molecule has 5 rings (SSSR count). The van der Waals surface area contributed by atoms with Crippen LogP contribution in [0.1, 0.15) is 54.5 Å². The van der Waals surface area contributed by atoms with Gasteiger partial charge < -0.3 is 14.4 Å². The van der Waals surface area contributed by atoms with Crippen molar-refractivity contribution in [2.24, 2.45) is 5.92 Å². The second-order valence-electron chi connectivity index (χ2n) is 10.6. The van der Waals surface area contributed by atoms with Crippen LogP contribution in [0.5, 0.6) is 0 Å². The second kappa shape index (κ2) is 12.1. The Morgan fingerprint density at radius 3 is 2.66 bits per heavy atom. The van der Waals surface area contributed by atoms with Gasteiger partial charge in [0.1, 0.15) is 0 Å². The Labute approximate surface area is 222 Å². The number of rotatable bonds is 8. The summed E-state index contributed by atoms with van der Waals surface area (Å²) in [5.74, 6) is -0.0456. The number of fused-ring (bicyclic) bond motifs is 1. The van der Waals surface area contributed by atoms with Crippen LogP contribution in [-0.2, 0) is 40.0 Å². The van der Waals surface area contributed by atoms with Crippen LogP contribution in [0.2, 0.25) is 0 Å². The Morgan fingerprint density at radius 2 is 1.89 bits per heavy atom. The molecule has 2 aliphatic heterocycles. The van der Waals surface area contributed by atoms with Gasteiger partial charge in [0.25, 0.3) is 0 Å². The van der Waals surface area contributed by atoms with E-state index in [1.54, 1.807) is 4.90 Å². The van der Waals surface area contributed by atoms with Crippen LogP contribution in [0.25, 0.3) is 0 Å². The number of carbonyl (C=O) groups is 1. The summed E-state index contributed by atoms with van der Waals surface area (Å²) < 4.78 is 51.2. The fourth-order valence-corrected chi connectivity index (χ4v) is 6.13. The summed E-state index contributed by atoms with van der Waals surface area (Å²) in [6.45, 7) is 4.22. The molecule has 0 spiro atoms. The monoisotopic (exact) mass is 531 g/mol. The van der Waals surface area contributed by atoms with Crippen molar-refractivity contribution < 1.29 is 27.4 Å². The van der Waals surface area contributed by atoms with Crippen molar-refractivity contribution in [3.63, 3.8) is 0 Å². The van der Waals surface area contributed by atoms with E-state index >= 15 is 0 Å². The quantitative estimate of drug-likeness (QED) is 0.456. The Hall–Kier alpha value is -2.49. The van der Waals surface area contributed by atoms with E-state index in [2.05, 4.69) is 22.0 Å². The molecule has 206 valence electrons. The Bertz CT molecular complexity index is 1080. The standard InChI is InChI=1S/C29H36F3N3O3/c30-29(31,32)24-16-23-19-34(11-8-27(23)33-18-24)28(36)22-6-7-26(17-22)35(25-9-13-37-14-10-25)12-15-38-20-21-4-2-1-3-5-21/h1-5,16,18,22,25-26H,6-15,17,19-20H2/t22?,26-/m1/s1. The van der Waals surface area contributed by atoms with Crippen LogP contribution < -0.4 is 0 Å². The predicted octanol–water partition coefficient (Wildman–Crippen LogP) is 4.85. The largest absolute Gasteiger partial charge is 0.417 e. The zero-order valence-electron chi connectivity index (χ0n) is 21.7. The van der Waals surface area contributed by atoms with Crippen molar-refractivity contribution in [1.82, 2.24) is 14.8 Å². The highest BCUT2D eigenvalue weighted by molar-refractivity contribution is 5.79. The van der Waals surface area contributed by atoms with Crippen molar-refractivity contribution in [3.05, 3.63) is 65.0 Å². The van der Waals surface area contributed by atoms with E-state index in [-0.39, 0.29) is 18.4 Å². The van der Waals surface area contributed by atoms with Crippen LogP contribution in [0, 0.1) is 5.92 Å². The molecule has 1 saturated carbocycles. The number of amides is 1. The molecule has 2 fully saturated rings. The lowest BCUT2D eigenvalue weighted by molar-refractivity contribution is -0.138. The minimum absolute atomic E-state index is 0.0582. The average molecular weight is 532 g/mol. The van der Waals surface area contributed by atoms with Gasteiger partial charge in [-0.05, 0) is 49.3 Å². The molecule has 3 heterocycles. The van der Waals surface area contributed by atoms with E-state index in [4.69, 9.17) is 9.47 Å². The van der Waals surface area contributed by atoms with Crippen molar-refractivity contribution in [2.75, 3.05) is 32.9 Å². The molecule has 3 aliphatic rings. The number of benzene rings is 1. The average Bonchev–Trinajstić information content (AvgIpc) is 3.42. The van der Waals surface area contributed by atoms with Gasteiger partial charge in [0, 0.05) is 69.2 Å². The molecule has 1 aromatic carbocycles. The number of aromatic nitrogens is 1. The molecule has 0 N–H and O–H groups in total. The zero-order chi connectivity index (χ0) is 26.5. The lowest BCUT2D eigenvalue weighted by atomic mass is 9.99. The summed E-state index contributed by atoms with van der Waals surface area (Å²) >= 11 is 0. The first-order valence-corrected chi connectivity index (χ1v) is 13.7. The number of hydrogen-bond donors (Lipinski definition) is 0. The first kappa shape index (κ1) is 27.1. The van der Waals surface area contributed by atoms with Crippen molar-refractivity contribution in [2.45, 2.75) is 69.9 Å². The third-order valence-corrected chi connectivity index (χ3v) is 8.17. The molecule has 0 bridgehead atoms. The highest BCUT2D eigenvalue weighted by Gasteiger charge is 2.39. The third-order valence-electron chi connectivity index (χ3n) is 8.17. The topological polar surface area (TPSA) is 54.9 Å². The molecular weight excluding hydrogens is 495 g/mol. The SMILES string of the molecule is O=C(C1CC[C@@H](N(CCOCc2ccccc2)C2CCOCC2)C1)N1CCc2ncc(C(F)(F)F)cc2C1. The molecule has 6 nitrogen and oxygen atoms in total. The van der Waals surface area contributed by atoms with Crippen LogP contribution in [-0.4, -0.2) is 65.7 Å². The number of ether oxygens (including phenoxy) is 2. The minimum Gasteiger partial charge on any atom is -0.381 e. The number of halogens is 3. The van der Waals surface area contributed by atoms with Crippen molar-refractivity contribution in [1.29, 1.82) is 0 Å². The van der Waals surface area contributed by atoms with Gasteiger partial charge in [-0.25, -0.2) is 0 Å². The maximum Gasteiger partial charge on any atom is 0.417 e. The van der Waals surface area contributed by atoms with E-state index in [1.807, 2.05) is 18.2 Å². The second-order valence-corrected chi connectivity index (χ2v) is 10.6. The molecule has 1 amide bonds. The smallest absolute Gasteiger partial charge is 0.381 e. The Balaban J connectivity index is 1.19. The fourth-order valence-electron chi connectivity index (χ4n) is 6.13. The van der Waals surface area contributed by atoms with Gasteiger partial charge in [-0.2, -0.15) is 13.2 Å². The van der Waals surface area contributed by atoms with Gasteiger partial charge in [0.15, 0.2) is 0 Å². The summed E-state index contributed by atoms with van der Waals surface area (Å²) in [7, 11) is 0. The summed E-state index contributed by atoms with van der Waals surface area (Å²) in [5.41, 5.74) is 1.56. The molecule has 1 aliphatic carbocycles. The molecule has 2 aromatic rings. The fraction of sp³-hybridized carbons (Fsp3) is 0.586. The number of hydrogen-bond acceptors (Lipinski definition) is 5. The van der Waals surface area contributed by atoms with Gasteiger partial charge in [-0.1, -0.05) is 30.3 Å². The van der Waals surface area contributed by atoms with Crippen LogP contribution in [0.4, 0.5) is 13.2 Å². The van der Waals surface area contributed by atoms with Gasteiger partial charge in [-0.3, -0.25) is 14.7 Å². The van der Waals surface area contributed by atoms with Gasteiger partial charge in [0.2, 0.25) is 5.91 Å². The maximum absolute atomic E-state index is 13.5. The molecule has 38 heavy (non-hydrogen) atoms. The summed E-state index contributed by atoms with van der Waals surface area (Å²) in [4.78, 5) is 21.8. The summed E-state index contributed by atoms with van der Waals surface area (Å²) in [6.07, 6.45) is 1.42. The van der Waals surface area contributed by atoms with Crippen molar-refractivity contribution >= 4 is 5.91 Å². The number of carbonyl (C=O) groups excluding carboxylic acids is 1. The zero-order valence-corrected chi connectivity index (χ0v) is 21.7. The molecule has 1 aromatic heterocycles. The number of nitrogens with zero attached hydrogens (tertiary/aromatic N) is 3. The van der Waals surface area contributed by atoms with E-state index in [1.165, 1.54) is 0 Å². The lowest BCUT2D eigenvalue weighted by Crippen LogP contribution is -2.47. The lowest BCUT2D eigenvalue weighted by Gasteiger charge is -2.38. The molecule has 0 radical (unpaired) electrons. The third kappa shape index (κ3) is 6.55. The molecule has 9 heteroatoms. The normalized spacial score (nSPS) is 22.6. The van der Waals surface area contributed by atoms with E-state index in [9.17, 15) is 18.0 Å². The predicted molar refractivity (Wildman–Crippen MR) is 136 cm³/mol. The molecule has 1 saturated heterocycles. The Morgan fingerprint density at radius 1 is 1.11 bits per heavy atom. The minimum atomic E-state index is -4.44. The van der Waals surface area contributed by atoms with E-state index in [0.29, 0.717) is 49.5 Å². The molecule has 2 atom stereocenters. The summed E-state index contributed by atoms with van der Waals surface area (Å²) in [5, 5.41) is 0. The Kier molecular flexibility index (Phi) is 8.65. The molecule has 1 unspecified atom stereocenters. The van der Waals surface area contributed by atoms with Crippen molar-refractivity contribution in [3.8, 4) is 0 Å². The van der Waals surface area contributed by atoms with Gasteiger partial charge >= 0.3 is 6.18 Å². The molecular formula is C29H36F3N3O3.